The maximum atomic E-state index is 12.2. The predicted molar refractivity (Wildman–Crippen MR) is 106 cm³/mol. The van der Waals surface area contributed by atoms with Gasteiger partial charge in [-0.05, 0) is 37.6 Å². The van der Waals surface area contributed by atoms with Gasteiger partial charge in [0.25, 0.3) is 5.91 Å². The first-order valence-corrected chi connectivity index (χ1v) is 9.67. The lowest BCUT2D eigenvalue weighted by molar-refractivity contribution is 0.0145. The zero-order valence-electron chi connectivity index (χ0n) is 16.1. The van der Waals surface area contributed by atoms with E-state index in [1.807, 2.05) is 18.5 Å². The molecule has 1 fully saturated rings. The molecule has 1 N–H and O–H groups in total. The Morgan fingerprint density at radius 1 is 1.25 bits per heavy atom. The van der Waals surface area contributed by atoms with Crippen LogP contribution < -0.4 is 5.48 Å². The number of carbonyl (C=O) groups excluding carboxylic acids is 1. The fraction of sp³-hybridized carbons (Fsp3) is 0.500. The minimum atomic E-state index is -0.291. The highest BCUT2D eigenvalue weighted by atomic mass is 16.7. The maximum Gasteiger partial charge on any atom is 0.274 e. The Balaban J connectivity index is 1.50. The second kappa shape index (κ2) is 10.8. The van der Waals surface area contributed by atoms with Crippen molar-refractivity contribution in [2.45, 2.75) is 19.4 Å². The van der Waals surface area contributed by atoms with E-state index in [2.05, 4.69) is 26.5 Å². The number of aromatic nitrogens is 2. The Hall–Kier alpha value is -2.42. The van der Waals surface area contributed by atoms with Crippen LogP contribution >= 0.6 is 0 Å². The summed E-state index contributed by atoms with van der Waals surface area (Å²) in [5.41, 5.74) is 4.79. The number of nitrogens with zero attached hydrogens (tertiary/aromatic N) is 3. The molecule has 28 heavy (non-hydrogen) atoms. The van der Waals surface area contributed by atoms with Gasteiger partial charge in [0, 0.05) is 25.2 Å². The average Bonchev–Trinajstić information content (AvgIpc) is 3.14. The molecule has 3 rings (SSSR count). The van der Waals surface area contributed by atoms with Crippen molar-refractivity contribution in [3.8, 4) is 0 Å². The number of fused-ring (bicyclic) bond motifs is 1. The summed E-state index contributed by atoms with van der Waals surface area (Å²) in [6.07, 6.45) is 5.36. The van der Waals surface area contributed by atoms with E-state index in [-0.39, 0.29) is 12.5 Å². The third kappa shape index (κ3) is 5.79. The van der Waals surface area contributed by atoms with Crippen LogP contribution in [0.1, 0.15) is 23.2 Å². The fourth-order valence-electron chi connectivity index (χ4n) is 3.17. The van der Waals surface area contributed by atoms with Crippen molar-refractivity contribution >= 4 is 16.9 Å². The average molecular weight is 388 g/mol. The van der Waals surface area contributed by atoms with Gasteiger partial charge in [0.1, 0.15) is 13.2 Å². The topological polar surface area (TPSA) is 77.8 Å². The van der Waals surface area contributed by atoms with Crippen molar-refractivity contribution in [3.63, 3.8) is 0 Å². The van der Waals surface area contributed by atoms with Gasteiger partial charge >= 0.3 is 0 Å². The lowest BCUT2D eigenvalue weighted by Gasteiger charge is -2.26. The Kier molecular flexibility index (Phi) is 7.83. The van der Waals surface area contributed by atoms with E-state index in [1.54, 1.807) is 6.07 Å². The van der Waals surface area contributed by atoms with E-state index in [0.717, 1.165) is 63.3 Å². The number of aryl methyl sites for hydroxylation is 1. The summed E-state index contributed by atoms with van der Waals surface area (Å²) in [5, 5.41) is 0. The first-order valence-electron chi connectivity index (χ1n) is 9.67. The quantitative estimate of drug-likeness (QED) is 0.360. The lowest BCUT2D eigenvalue weighted by atomic mass is 10.2. The molecule has 152 valence electrons. The van der Waals surface area contributed by atoms with Crippen LogP contribution in [0, 0.1) is 0 Å². The summed E-state index contributed by atoms with van der Waals surface area (Å²) in [4.78, 5) is 24.2. The van der Waals surface area contributed by atoms with Gasteiger partial charge in [0.05, 0.1) is 36.8 Å². The van der Waals surface area contributed by atoms with Crippen molar-refractivity contribution in [3.05, 3.63) is 42.9 Å². The van der Waals surface area contributed by atoms with Crippen molar-refractivity contribution in [1.82, 2.24) is 19.9 Å². The minimum absolute atomic E-state index is 0.251. The molecule has 0 aliphatic carbocycles. The van der Waals surface area contributed by atoms with Crippen LogP contribution in [0.15, 0.2) is 37.4 Å². The van der Waals surface area contributed by atoms with Crippen LogP contribution in [0.25, 0.3) is 11.0 Å². The van der Waals surface area contributed by atoms with Crippen molar-refractivity contribution < 1.29 is 19.1 Å². The standard InChI is InChI=1S/C20H28N4O4/c1-2-26-13-14-28-22-20(25)17-5-6-18-19(15-17)24(16-21-18)8-4-3-7-23-9-11-27-12-10-23/h2,5-6,15-16H,1,3-4,7-14H2,(H,22,25). The number of benzene rings is 1. The van der Waals surface area contributed by atoms with Crippen LogP contribution in [0.4, 0.5) is 0 Å². The van der Waals surface area contributed by atoms with Crippen LogP contribution in [0.5, 0.6) is 0 Å². The first-order chi connectivity index (χ1) is 13.8. The van der Waals surface area contributed by atoms with E-state index in [1.165, 1.54) is 6.26 Å². The van der Waals surface area contributed by atoms with E-state index in [0.29, 0.717) is 12.2 Å². The van der Waals surface area contributed by atoms with Crippen molar-refractivity contribution in [2.75, 3.05) is 46.1 Å². The number of ether oxygens (including phenoxy) is 2. The molecular formula is C20H28N4O4. The summed E-state index contributed by atoms with van der Waals surface area (Å²) in [6.45, 7) is 9.71. The Morgan fingerprint density at radius 2 is 2.07 bits per heavy atom. The highest BCUT2D eigenvalue weighted by Gasteiger charge is 2.11. The van der Waals surface area contributed by atoms with Gasteiger partial charge in [-0.2, -0.15) is 0 Å². The fourth-order valence-corrected chi connectivity index (χ4v) is 3.17. The van der Waals surface area contributed by atoms with Gasteiger partial charge < -0.3 is 14.0 Å². The van der Waals surface area contributed by atoms with Gasteiger partial charge in [-0.3, -0.25) is 14.5 Å². The second-order valence-corrected chi connectivity index (χ2v) is 6.62. The Morgan fingerprint density at radius 3 is 2.89 bits per heavy atom. The summed E-state index contributed by atoms with van der Waals surface area (Å²) >= 11 is 0. The minimum Gasteiger partial charge on any atom is -0.499 e. The molecule has 0 unspecified atom stereocenters. The molecule has 0 spiro atoms. The number of unbranched alkanes of at least 4 members (excludes halogenated alkanes) is 1. The molecule has 2 heterocycles. The highest BCUT2D eigenvalue weighted by Crippen LogP contribution is 2.16. The molecular weight excluding hydrogens is 360 g/mol. The normalized spacial score (nSPS) is 14.9. The van der Waals surface area contributed by atoms with Crippen LogP contribution in [-0.4, -0.2) is 66.4 Å². The van der Waals surface area contributed by atoms with Crippen LogP contribution in [0.3, 0.4) is 0 Å². The highest BCUT2D eigenvalue weighted by molar-refractivity contribution is 5.96. The summed E-state index contributed by atoms with van der Waals surface area (Å²) < 4.78 is 12.4. The SMILES string of the molecule is C=COCCONC(=O)c1ccc2ncn(CCCCN3CCOCC3)c2c1. The number of nitrogens with one attached hydrogen (secondary N) is 1. The molecule has 1 amide bonds. The van der Waals surface area contributed by atoms with E-state index < -0.39 is 0 Å². The maximum absolute atomic E-state index is 12.2. The third-order valence-corrected chi connectivity index (χ3v) is 4.70. The zero-order chi connectivity index (χ0) is 19.6. The molecule has 1 aromatic heterocycles. The molecule has 0 atom stereocenters. The number of hydroxylamine groups is 1. The second-order valence-electron chi connectivity index (χ2n) is 6.62. The van der Waals surface area contributed by atoms with Gasteiger partial charge in [-0.25, -0.2) is 10.5 Å². The third-order valence-electron chi connectivity index (χ3n) is 4.70. The lowest BCUT2D eigenvalue weighted by Crippen LogP contribution is -2.36. The number of carbonyl (C=O) groups is 1. The monoisotopic (exact) mass is 388 g/mol. The number of hydrogen-bond acceptors (Lipinski definition) is 6. The molecule has 0 saturated carbocycles. The summed E-state index contributed by atoms with van der Waals surface area (Å²) in [5.74, 6) is -0.291. The number of hydrogen-bond donors (Lipinski definition) is 1. The van der Waals surface area contributed by atoms with Gasteiger partial charge in [0.2, 0.25) is 0 Å². The zero-order valence-corrected chi connectivity index (χ0v) is 16.1. The molecule has 0 radical (unpaired) electrons. The van der Waals surface area contributed by atoms with Crippen molar-refractivity contribution in [1.29, 1.82) is 0 Å². The van der Waals surface area contributed by atoms with Crippen LogP contribution in [-0.2, 0) is 20.9 Å². The largest absolute Gasteiger partial charge is 0.499 e. The molecule has 8 nitrogen and oxygen atoms in total. The molecule has 1 saturated heterocycles. The smallest absolute Gasteiger partial charge is 0.274 e. The number of amides is 1. The van der Waals surface area contributed by atoms with E-state index >= 15 is 0 Å². The molecule has 1 aromatic carbocycles. The Bertz CT molecular complexity index is 771. The van der Waals surface area contributed by atoms with E-state index in [9.17, 15) is 4.79 Å². The molecule has 8 heteroatoms. The van der Waals surface area contributed by atoms with Gasteiger partial charge in [-0.1, -0.05) is 6.58 Å². The number of rotatable bonds is 11. The molecule has 1 aliphatic heterocycles. The van der Waals surface area contributed by atoms with E-state index in [4.69, 9.17) is 14.3 Å². The summed E-state index contributed by atoms with van der Waals surface area (Å²) in [6, 6.07) is 5.45. The van der Waals surface area contributed by atoms with Crippen molar-refractivity contribution in [2.24, 2.45) is 0 Å². The van der Waals surface area contributed by atoms with Gasteiger partial charge in [0.15, 0.2) is 0 Å². The Labute approximate surface area is 165 Å². The number of morpholine rings is 1. The van der Waals surface area contributed by atoms with Gasteiger partial charge in [-0.15, -0.1) is 0 Å². The van der Waals surface area contributed by atoms with Crippen LogP contribution in [0.2, 0.25) is 0 Å². The summed E-state index contributed by atoms with van der Waals surface area (Å²) in [7, 11) is 0. The molecule has 1 aliphatic rings. The molecule has 0 bridgehead atoms. The number of imidazole rings is 1. The first kappa shape index (κ1) is 20.3. The predicted octanol–water partition coefficient (Wildman–Crippen LogP) is 1.97. The molecule has 2 aromatic rings.